The van der Waals surface area contributed by atoms with Crippen molar-refractivity contribution in [3.63, 3.8) is 0 Å². The van der Waals surface area contributed by atoms with E-state index in [-0.39, 0.29) is 11.8 Å². The zero-order valence-electron chi connectivity index (χ0n) is 17.5. The number of aromatic nitrogens is 2. The number of carbonyl (C=O) groups is 2. The Bertz CT molecular complexity index is 923. The van der Waals surface area contributed by atoms with Crippen LogP contribution in [0.3, 0.4) is 0 Å². The smallest absolute Gasteiger partial charge is 0.291 e. The number of hydrogen-bond donors (Lipinski definition) is 1. The molecule has 1 fully saturated rings. The molecule has 4 rings (SSSR count). The zero-order chi connectivity index (χ0) is 20.4. The lowest BCUT2D eigenvalue weighted by molar-refractivity contribution is 0.0754. The summed E-state index contributed by atoms with van der Waals surface area (Å²) in [6.07, 6.45) is 7.28. The number of imidazole rings is 1. The van der Waals surface area contributed by atoms with Crippen molar-refractivity contribution in [1.82, 2.24) is 14.5 Å². The van der Waals surface area contributed by atoms with Gasteiger partial charge in [0.25, 0.3) is 11.8 Å². The number of aryl methyl sites for hydroxylation is 2. The number of nitrogens with zero attached hydrogens (tertiary/aromatic N) is 3. The van der Waals surface area contributed by atoms with Gasteiger partial charge in [0.05, 0.1) is 5.69 Å². The van der Waals surface area contributed by atoms with Crippen molar-refractivity contribution in [2.24, 2.45) is 0 Å². The minimum atomic E-state index is -0.239. The molecule has 2 aliphatic rings. The van der Waals surface area contributed by atoms with Crippen molar-refractivity contribution in [3.05, 3.63) is 46.5 Å². The van der Waals surface area contributed by atoms with Gasteiger partial charge in [0, 0.05) is 25.3 Å². The fraction of sp³-hybridized carbons (Fsp3) is 0.522. The second-order valence-electron chi connectivity index (χ2n) is 8.32. The number of carbonyl (C=O) groups excluding carboxylic acids is 2. The number of nitrogens with one attached hydrogen (secondary N) is 1. The van der Waals surface area contributed by atoms with Crippen LogP contribution in [0, 0.1) is 13.8 Å². The Morgan fingerprint density at radius 3 is 2.45 bits per heavy atom. The van der Waals surface area contributed by atoms with E-state index in [0.717, 1.165) is 74.2 Å². The fourth-order valence-corrected chi connectivity index (χ4v) is 4.36. The average Bonchev–Trinajstić information content (AvgIpc) is 2.90. The van der Waals surface area contributed by atoms with E-state index in [2.05, 4.69) is 10.3 Å². The summed E-state index contributed by atoms with van der Waals surface area (Å²) in [5.74, 6) is 0.110. The molecule has 1 saturated heterocycles. The van der Waals surface area contributed by atoms with Crippen LogP contribution in [0.2, 0.25) is 0 Å². The van der Waals surface area contributed by atoms with Crippen LogP contribution in [0.15, 0.2) is 18.2 Å². The molecule has 2 aliphatic heterocycles. The lowest BCUT2D eigenvalue weighted by atomic mass is 10.1. The maximum atomic E-state index is 13.2. The van der Waals surface area contributed by atoms with E-state index in [4.69, 9.17) is 0 Å². The van der Waals surface area contributed by atoms with Gasteiger partial charge in [-0.15, -0.1) is 0 Å². The Morgan fingerprint density at radius 1 is 0.966 bits per heavy atom. The molecule has 29 heavy (non-hydrogen) atoms. The Balaban J connectivity index is 1.64. The quantitative estimate of drug-likeness (QED) is 0.852. The van der Waals surface area contributed by atoms with E-state index >= 15 is 0 Å². The molecule has 6 heteroatoms. The molecule has 6 nitrogen and oxygen atoms in total. The minimum absolute atomic E-state index is 0.0108. The number of fused-ring (bicyclic) bond motifs is 1. The van der Waals surface area contributed by atoms with Gasteiger partial charge in [-0.25, -0.2) is 4.98 Å². The molecule has 0 radical (unpaired) electrons. The molecule has 0 saturated carbocycles. The highest BCUT2D eigenvalue weighted by molar-refractivity contribution is 6.04. The zero-order valence-corrected chi connectivity index (χ0v) is 17.5. The van der Waals surface area contributed by atoms with Crippen LogP contribution in [-0.4, -0.2) is 39.4 Å². The van der Waals surface area contributed by atoms with Crippen molar-refractivity contribution in [1.29, 1.82) is 0 Å². The van der Waals surface area contributed by atoms with Gasteiger partial charge in [0.15, 0.2) is 5.82 Å². The number of rotatable bonds is 3. The van der Waals surface area contributed by atoms with Crippen LogP contribution in [0.5, 0.6) is 0 Å². The maximum Gasteiger partial charge on any atom is 0.291 e. The third kappa shape index (κ3) is 4.07. The van der Waals surface area contributed by atoms with Gasteiger partial charge in [-0.2, -0.15) is 0 Å². The van der Waals surface area contributed by atoms with Crippen molar-refractivity contribution in [2.75, 3.05) is 18.4 Å². The molecule has 0 bridgehead atoms. The van der Waals surface area contributed by atoms with Crippen molar-refractivity contribution in [3.8, 4) is 0 Å². The summed E-state index contributed by atoms with van der Waals surface area (Å²) in [4.78, 5) is 32.9. The summed E-state index contributed by atoms with van der Waals surface area (Å²) in [7, 11) is 0. The molecule has 1 aromatic carbocycles. The first-order chi connectivity index (χ1) is 14.0. The van der Waals surface area contributed by atoms with Gasteiger partial charge < -0.3 is 14.8 Å². The van der Waals surface area contributed by atoms with Crippen LogP contribution in [0.1, 0.15) is 76.5 Å². The van der Waals surface area contributed by atoms with E-state index in [1.807, 2.05) is 41.5 Å². The van der Waals surface area contributed by atoms with Crippen LogP contribution in [-0.2, 0) is 13.0 Å². The molecule has 0 aliphatic carbocycles. The van der Waals surface area contributed by atoms with Crippen molar-refractivity contribution >= 4 is 17.5 Å². The van der Waals surface area contributed by atoms with Gasteiger partial charge in [0.1, 0.15) is 5.69 Å². The third-order valence-electron chi connectivity index (χ3n) is 6.06. The maximum absolute atomic E-state index is 13.2. The molecule has 154 valence electrons. The first-order valence-electron chi connectivity index (χ1n) is 10.8. The SMILES string of the molecule is Cc1ccc(C)c(NC(=O)c2nc(C(=O)N3CCCCCC3)c3n2CCCC3)c1. The number of amides is 2. The largest absolute Gasteiger partial charge is 0.337 e. The molecule has 0 spiro atoms. The normalized spacial score (nSPS) is 16.8. The lowest BCUT2D eigenvalue weighted by Crippen LogP contribution is -2.33. The predicted octanol–water partition coefficient (Wildman–Crippen LogP) is 4.10. The highest BCUT2D eigenvalue weighted by Gasteiger charge is 2.30. The predicted molar refractivity (Wildman–Crippen MR) is 113 cm³/mol. The van der Waals surface area contributed by atoms with Crippen LogP contribution in [0.25, 0.3) is 0 Å². The number of hydrogen-bond acceptors (Lipinski definition) is 3. The Kier molecular flexibility index (Phi) is 5.69. The first-order valence-corrected chi connectivity index (χ1v) is 10.8. The Labute approximate surface area is 172 Å². The summed E-state index contributed by atoms with van der Waals surface area (Å²) in [6, 6.07) is 6.00. The summed E-state index contributed by atoms with van der Waals surface area (Å²) in [5.41, 5.74) is 4.31. The van der Waals surface area contributed by atoms with Gasteiger partial charge in [0.2, 0.25) is 0 Å². The average molecular weight is 395 g/mol. The molecule has 0 unspecified atom stereocenters. The summed E-state index contributed by atoms with van der Waals surface area (Å²) < 4.78 is 1.97. The van der Waals surface area contributed by atoms with Crippen LogP contribution < -0.4 is 5.32 Å². The van der Waals surface area contributed by atoms with Gasteiger partial charge >= 0.3 is 0 Å². The Hall–Kier alpha value is -2.63. The number of anilines is 1. The second kappa shape index (κ2) is 8.39. The summed E-state index contributed by atoms with van der Waals surface area (Å²) in [5, 5.41) is 3.01. The second-order valence-corrected chi connectivity index (χ2v) is 8.32. The molecular formula is C23H30N4O2. The molecule has 0 atom stereocenters. The summed E-state index contributed by atoms with van der Waals surface area (Å²) in [6.45, 7) is 6.30. The van der Waals surface area contributed by atoms with Gasteiger partial charge in [-0.1, -0.05) is 25.0 Å². The first kappa shape index (κ1) is 19.7. The molecule has 1 N–H and O–H groups in total. The van der Waals surface area contributed by atoms with E-state index in [0.29, 0.717) is 11.5 Å². The topological polar surface area (TPSA) is 67.2 Å². The third-order valence-corrected chi connectivity index (χ3v) is 6.06. The number of benzene rings is 1. The van der Waals surface area contributed by atoms with E-state index in [1.165, 1.54) is 12.8 Å². The number of likely N-dealkylation sites (tertiary alicyclic amines) is 1. The molecule has 1 aromatic heterocycles. The highest BCUT2D eigenvalue weighted by atomic mass is 16.2. The van der Waals surface area contributed by atoms with Crippen LogP contribution in [0.4, 0.5) is 5.69 Å². The van der Waals surface area contributed by atoms with Crippen molar-refractivity contribution in [2.45, 2.75) is 65.3 Å². The Morgan fingerprint density at radius 2 is 1.69 bits per heavy atom. The van der Waals surface area contributed by atoms with E-state index < -0.39 is 0 Å². The highest BCUT2D eigenvalue weighted by Crippen LogP contribution is 2.25. The van der Waals surface area contributed by atoms with Crippen LogP contribution >= 0.6 is 0 Å². The standard InChI is InChI=1S/C23H30N4O2/c1-16-10-11-17(2)18(15-16)24-22(28)21-25-20(19-9-5-8-14-27(19)21)23(29)26-12-6-3-4-7-13-26/h10-11,15H,3-9,12-14H2,1-2H3,(H,24,28). The van der Waals surface area contributed by atoms with Gasteiger partial charge in [-0.05, 0) is 63.1 Å². The van der Waals surface area contributed by atoms with E-state index in [1.54, 1.807) is 0 Å². The molecule has 2 aromatic rings. The van der Waals surface area contributed by atoms with Crippen molar-refractivity contribution < 1.29 is 9.59 Å². The van der Waals surface area contributed by atoms with Gasteiger partial charge in [-0.3, -0.25) is 9.59 Å². The summed E-state index contributed by atoms with van der Waals surface area (Å²) >= 11 is 0. The minimum Gasteiger partial charge on any atom is -0.337 e. The van der Waals surface area contributed by atoms with E-state index in [9.17, 15) is 9.59 Å². The molecular weight excluding hydrogens is 364 g/mol. The fourth-order valence-electron chi connectivity index (χ4n) is 4.36. The molecule has 2 amide bonds. The lowest BCUT2D eigenvalue weighted by Gasteiger charge is -2.21. The molecule has 3 heterocycles. The monoisotopic (exact) mass is 394 g/mol.